The van der Waals surface area contributed by atoms with Crippen LogP contribution in [0.5, 0.6) is 0 Å². The molecule has 3 heteroatoms. The number of hydrogen-bond donors (Lipinski definition) is 1. The Hall–Kier alpha value is -3.07. The summed E-state index contributed by atoms with van der Waals surface area (Å²) in [5, 5.41) is 2.87. The third-order valence-electron chi connectivity index (χ3n) is 4.12. The van der Waals surface area contributed by atoms with E-state index in [0.717, 1.165) is 23.4 Å². The first kappa shape index (κ1) is 17.7. The maximum atomic E-state index is 12.1. The van der Waals surface area contributed by atoms with Crippen LogP contribution >= 0.6 is 0 Å². The van der Waals surface area contributed by atoms with Crippen molar-refractivity contribution in [3.8, 4) is 11.3 Å². The molecule has 0 atom stereocenters. The fourth-order valence-electron chi connectivity index (χ4n) is 2.68. The molecule has 26 heavy (non-hydrogen) atoms. The minimum absolute atomic E-state index is 0.177. The number of anilines is 1. The van der Waals surface area contributed by atoms with Crippen LogP contribution in [0.25, 0.3) is 17.4 Å². The van der Waals surface area contributed by atoms with Crippen LogP contribution in [-0.2, 0) is 11.2 Å². The highest BCUT2D eigenvalue weighted by atomic mass is 16.3. The van der Waals surface area contributed by atoms with Crippen LogP contribution in [0.2, 0.25) is 0 Å². The van der Waals surface area contributed by atoms with Crippen LogP contribution in [-0.4, -0.2) is 5.91 Å². The Morgan fingerprint density at radius 2 is 1.77 bits per heavy atom. The predicted octanol–water partition coefficient (Wildman–Crippen LogP) is 5.94. The van der Waals surface area contributed by atoms with Gasteiger partial charge in [0.05, 0.1) is 0 Å². The largest absolute Gasteiger partial charge is 0.457 e. The number of rotatable bonds is 7. The third-order valence-corrected chi connectivity index (χ3v) is 4.12. The molecule has 0 saturated carbocycles. The Kier molecular flexibility index (Phi) is 6.05. The molecule has 1 N–H and O–H groups in total. The quantitative estimate of drug-likeness (QED) is 0.538. The summed E-state index contributed by atoms with van der Waals surface area (Å²) >= 11 is 0. The summed E-state index contributed by atoms with van der Waals surface area (Å²) in [6, 6.07) is 21.6. The van der Waals surface area contributed by atoms with Gasteiger partial charge in [-0.25, -0.2) is 0 Å². The summed E-state index contributed by atoms with van der Waals surface area (Å²) < 4.78 is 5.76. The average molecular weight is 345 g/mol. The number of benzene rings is 2. The van der Waals surface area contributed by atoms with Crippen molar-refractivity contribution in [1.29, 1.82) is 0 Å². The summed E-state index contributed by atoms with van der Waals surface area (Å²) in [7, 11) is 0. The van der Waals surface area contributed by atoms with Crippen LogP contribution < -0.4 is 5.32 Å². The topological polar surface area (TPSA) is 42.2 Å². The lowest BCUT2D eigenvalue weighted by atomic mass is 10.1. The summed E-state index contributed by atoms with van der Waals surface area (Å²) in [5.74, 6) is 1.26. The molecule has 0 spiro atoms. The summed E-state index contributed by atoms with van der Waals surface area (Å²) in [4.78, 5) is 12.1. The first-order chi connectivity index (χ1) is 12.7. The molecule has 0 fully saturated rings. The van der Waals surface area contributed by atoms with Crippen molar-refractivity contribution in [2.45, 2.75) is 26.2 Å². The molecule has 0 saturated heterocycles. The summed E-state index contributed by atoms with van der Waals surface area (Å²) in [6.07, 6.45) is 6.60. The van der Waals surface area contributed by atoms with Crippen molar-refractivity contribution >= 4 is 17.7 Å². The highest BCUT2D eigenvalue weighted by Crippen LogP contribution is 2.22. The van der Waals surface area contributed by atoms with Crippen LogP contribution in [0, 0.1) is 0 Å². The normalized spacial score (nSPS) is 11.0. The van der Waals surface area contributed by atoms with Crippen molar-refractivity contribution in [3.63, 3.8) is 0 Å². The lowest BCUT2D eigenvalue weighted by Crippen LogP contribution is -2.07. The van der Waals surface area contributed by atoms with E-state index in [9.17, 15) is 4.79 Å². The molecule has 0 unspecified atom stereocenters. The number of nitrogens with one attached hydrogen (secondary N) is 1. The van der Waals surface area contributed by atoms with Crippen LogP contribution in [0.1, 0.15) is 31.1 Å². The molecular weight excluding hydrogens is 322 g/mol. The van der Waals surface area contributed by atoms with E-state index in [0.29, 0.717) is 5.76 Å². The van der Waals surface area contributed by atoms with Crippen molar-refractivity contribution in [1.82, 2.24) is 0 Å². The van der Waals surface area contributed by atoms with Gasteiger partial charge in [-0.3, -0.25) is 4.79 Å². The van der Waals surface area contributed by atoms with Gasteiger partial charge in [0, 0.05) is 17.3 Å². The molecule has 0 bridgehead atoms. The molecule has 1 heterocycles. The van der Waals surface area contributed by atoms with Crippen LogP contribution in [0.4, 0.5) is 5.69 Å². The number of amides is 1. The first-order valence-corrected chi connectivity index (χ1v) is 8.98. The van der Waals surface area contributed by atoms with Gasteiger partial charge < -0.3 is 9.73 Å². The van der Waals surface area contributed by atoms with E-state index in [-0.39, 0.29) is 5.91 Å². The minimum atomic E-state index is -0.177. The van der Waals surface area contributed by atoms with Crippen molar-refractivity contribution in [2.75, 3.05) is 5.32 Å². The lowest BCUT2D eigenvalue weighted by molar-refractivity contribution is -0.111. The summed E-state index contributed by atoms with van der Waals surface area (Å²) in [6.45, 7) is 2.18. The van der Waals surface area contributed by atoms with Crippen LogP contribution in [0.3, 0.4) is 0 Å². The second-order valence-electron chi connectivity index (χ2n) is 6.19. The van der Waals surface area contributed by atoms with E-state index < -0.39 is 0 Å². The second-order valence-corrected chi connectivity index (χ2v) is 6.19. The van der Waals surface area contributed by atoms with E-state index in [1.54, 1.807) is 6.08 Å². The fraction of sp³-hybridized carbons (Fsp3) is 0.174. The van der Waals surface area contributed by atoms with E-state index in [2.05, 4.69) is 24.4 Å². The minimum Gasteiger partial charge on any atom is -0.457 e. The van der Waals surface area contributed by atoms with Gasteiger partial charge in [-0.1, -0.05) is 55.8 Å². The Morgan fingerprint density at radius 3 is 2.50 bits per heavy atom. The highest BCUT2D eigenvalue weighted by Gasteiger charge is 2.03. The monoisotopic (exact) mass is 345 g/mol. The number of carbonyl (C=O) groups excluding carboxylic acids is 1. The number of unbranched alkanes of at least 4 members (excludes halogenated alkanes) is 1. The number of furan rings is 1. The molecule has 3 aromatic rings. The molecule has 2 aromatic carbocycles. The zero-order valence-electron chi connectivity index (χ0n) is 14.9. The van der Waals surface area contributed by atoms with Gasteiger partial charge in [0.15, 0.2) is 0 Å². The molecule has 1 amide bonds. The van der Waals surface area contributed by atoms with Crippen molar-refractivity contribution < 1.29 is 9.21 Å². The number of aryl methyl sites for hydroxylation is 1. The van der Waals surface area contributed by atoms with Crippen LogP contribution in [0.15, 0.2) is 77.2 Å². The van der Waals surface area contributed by atoms with Crippen molar-refractivity contribution in [3.05, 3.63) is 84.1 Å². The van der Waals surface area contributed by atoms with E-state index in [1.165, 1.54) is 24.5 Å². The second kappa shape index (κ2) is 8.86. The van der Waals surface area contributed by atoms with Gasteiger partial charge in [-0.2, -0.15) is 0 Å². The third kappa shape index (κ3) is 4.96. The summed E-state index contributed by atoms with van der Waals surface area (Å²) in [5.41, 5.74) is 3.11. The molecule has 3 nitrogen and oxygen atoms in total. The fourth-order valence-corrected chi connectivity index (χ4v) is 2.68. The SMILES string of the molecule is CCCCc1ccc(NC(=O)/C=C/c2ccc(-c3ccccc3)o2)cc1. The van der Waals surface area contributed by atoms with E-state index >= 15 is 0 Å². The Morgan fingerprint density at radius 1 is 1.00 bits per heavy atom. The Balaban J connectivity index is 1.57. The van der Waals surface area contributed by atoms with E-state index in [4.69, 9.17) is 4.42 Å². The maximum Gasteiger partial charge on any atom is 0.248 e. The van der Waals surface area contributed by atoms with Gasteiger partial charge >= 0.3 is 0 Å². The molecular formula is C23H23NO2. The Bertz CT molecular complexity index is 861. The first-order valence-electron chi connectivity index (χ1n) is 8.98. The molecule has 132 valence electrons. The lowest BCUT2D eigenvalue weighted by Gasteiger charge is -2.04. The molecule has 0 aliphatic heterocycles. The molecule has 0 radical (unpaired) electrons. The Labute approximate surface area is 154 Å². The number of hydrogen-bond acceptors (Lipinski definition) is 2. The molecule has 0 aliphatic carbocycles. The zero-order chi connectivity index (χ0) is 18.2. The van der Waals surface area contributed by atoms with Gasteiger partial charge in [-0.05, 0) is 48.7 Å². The smallest absolute Gasteiger partial charge is 0.248 e. The average Bonchev–Trinajstić information content (AvgIpc) is 3.16. The molecule has 1 aromatic heterocycles. The van der Waals surface area contributed by atoms with Gasteiger partial charge in [0.25, 0.3) is 0 Å². The van der Waals surface area contributed by atoms with Gasteiger partial charge in [-0.15, -0.1) is 0 Å². The zero-order valence-corrected chi connectivity index (χ0v) is 14.9. The maximum absolute atomic E-state index is 12.1. The highest BCUT2D eigenvalue weighted by molar-refractivity contribution is 6.01. The van der Waals surface area contributed by atoms with E-state index in [1.807, 2.05) is 54.6 Å². The standard InChI is InChI=1S/C23H23NO2/c1-2-3-7-18-10-12-20(13-11-18)24-23(25)17-15-21-14-16-22(26-21)19-8-5-4-6-9-19/h4-6,8-17H,2-3,7H2,1H3,(H,24,25)/b17-15+. The predicted molar refractivity (Wildman–Crippen MR) is 107 cm³/mol. The van der Waals surface area contributed by atoms with Gasteiger partial charge in [0.2, 0.25) is 5.91 Å². The number of carbonyl (C=O) groups is 1. The molecule has 3 rings (SSSR count). The molecule has 0 aliphatic rings. The van der Waals surface area contributed by atoms with Gasteiger partial charge in [0.1, 0.15) is 11.5 Å². The van der Waals surface area contributed by atoms with Crippen molar-refractivity contribution in [2.24, 2.45) is 0 Å².